The molecule has 1 fully saturated rings. The lowest BCUT2D eigenvalue weighted by molar-refractivity contribution is -0.145. The maximum Gasteiger partial charge on any atom is 0.338 e. The van der Waals surface area contributed by atoms with Crippen molar-refractivity contribution in [3.8, 4) is 0 Å². The lowest BCUT2D eigenvalue weighted by Gasteiger charge is -2.34. The normalized spacial score (nSPS) is 14.3. The van der Waals surface area contributed by atoms with Gasteiger partial charge in [0.15, 0.2) is 5.78 Å². The van der Waals surface area contributed by atoms with Gasteiger partial charge in [-0.25, -0.2) is 4.79 Å². The Morgan fingerprint density at radius 1 is 0.886 bits per heavy atom. The second-order valence-electron chi connectivity index (χ2n) is 11.4. The van der Waals surface area contributed by atoms with E-state index in [1.54, 1.807) is 43.3 Å². The summed E-state index contributed by atoms with van der Waals surface area (Å²) in [5, 5.41) is 0. The van der Waals surface area contributed by atoms with E-state index in [1.807, 2.05) is 30.3 Å². The lowest BCUT2D eigenvalue weighted by Crippen LogP contribution is -2.36. The first-order valence-corrected chi connectivity index (χ1v) is 16.4. The number of benzene rings is 3. The first-order chi connectivity index (χ1) is 21.3. The number of ketones is 1. The molecule has 0 saturated heterocycles. The molecule has 3 aromatic carbocycles. The molecule has 1 aliphatic carbocycles. The molecule has 0 aliphatic heterocycles. The van der Waals surface area contributed by atoms with Gasteiger partial charge in [0.25, 0.3) is 0 Å². The number of rotatable bonds is 14. The smallest absolute Gasteiger partial charge is 0.338 e. The minimum Gasteiger partial charge on any atom is -0.465 e. The number of hydrogen-bond acceptors (Lipinski definition) is 7. The lowest BCUT2D eigenvalue weighted by atomic mass is 9.93. The topological polar surface area (TPSA) is 98.9 Å². The predicted octanol–water partition coefficient (Wildman–Crippen LogP) is 7.70. The van der Waals surface area contributed by atoms with Crippen molar-refractivity contribution in [1.82, 2.24) is 4.90 Å². The van der Waals surface area contributed by atoms with Gasteiger partial charge in [0, 0.05) is 28.2 Å². The number of anilines is 1. The molecule has 0 amide bonds. The monoisotopic (exact) mass is 662 g/mol. The molecule has 1 atom stereocenters. The van der Waals surface area contributed by atoms with Crippen LogP contribution in [0.2, 0.25) is 0 Å². The Morgan fingerprint density at radius 3 is 2.27 bits per heavy atom. The molecule has 0 radical (unpaired) electrons. The van der Waals surface area contributed by atoms with Gasteiger partial charge in [-0.1, -0.05) is 74.7 Å². The quantitative estimate of drug-likeness (QED) is 0.0817. The molecule has 0 heterocycles. The number of carbonyl (C=O) groups excluding carboxylic acids is 3. The first kappa shape index (κ1) is 33.4. The van der Waals surface area contributed by atoms with E-state index in [2.05, 4.69) is 27.8 Å². The number of nitrogen functional groups attached to an aromatic ring is 1. The molecule has 4 rings (SSSR count). The van der Waals surface area contributed by atoms with Crippen LogP contribution in [-0.2, 0) is 20.8 Å². The third-order valence-electron chi connectivity index (χ3n) is 8.38. The highest BCUT2D eigenvalue weighted by atomic mass is 79.9. The molecule has 1 aliphatic rings. The van der Waals surface area contributed by atoms with Gasteiger partial charge in [-0.2, -0.15) is 0 Å². The highest BCUT2D eigenvalue weighted by Crippen LogP contribution is 2.30. The summed E-state index contributed by atoms with van der Waals surface area (Å²) in [6, 6.07) is 20.3. The second kappa shape index (κ2) is 16.5. The molecule has 0 bridgehead atoms. The van der Waals surface area contributed by atoms with E-state index in [1.165, 1.54) is 32.1 Å². The van der Waals surface area contributed by atoms with Crippen molar-refractivity contribution < 1.29 is 23.9 Å². The number of carbonyl (C=O) groups is 3. The summed E-state index contributed by atoms with van der Waals surface area (Å²) in [6.07, 6.45) is 7.34. The van der Waals surface area contributed by atoms with Crippen LogP contribution in [0.1, 0.15) is 102 Å². The number of unbranched alkanes of at least 4 members (excludes halogenated alkanes) is 1. The molecule has 7 nitrogen and oxygen atoms in total. The standard InChI is InChI=1S/C36H43BrN2O5/c1-3-39(31-17-8-5-9-18-31)24-30-22-29(23-32(37)33(30)38)36(42)44-20-11-10-19-43-35(41)25(2)27-15-12-16-28(21-27)34(40)26-13-6-4-7-14-26/h4,6-7,12-16,21-23,25,31H,3,5,8-11,17-20,24,38H2,1-2H3. The van der Waals surface area contributed by atoms with Gasteiger partial charge in [0.2, 0.25) is 0 Å². The maximum absolute atomic E-state index is 12.9. The molecule has 234 valence electrons. The van der Waals surface area contributed by atoms with Crippen LogP contribution >= 0.6 is 15.9 Å². The highest BCUT2D eigenvalue weighted by molar-refractivity contribution is 9.10. The average molecular weight is 664 g/mol. The fraction of sp³-hybridized carbons (Fsp3) is 0.417. The number of halogens is 1. The van der Waals surface area contributed by atoms with Crippen molar-refractivity contribution in [2.45, 2.75) is 77.3 Å². The SMILES string of the molecule is CCN(Cc1cc(C(=O)OCCCCOC(=O)C(C)c2cccc(C(=O)c3ccccc3)c2)cc(Br)c1N)C1CCCCC1. The first-order valence-electron chi connectivity index (χ1n) is 15.6. The fourth-order valence-electron chi connectivity index (χ4n) is 5.68. The molecule has 1 unspecified atom stereocenters. The van der Waals surface area contributed by atoms with Crippen LogP contribution in [0.3, 0.4) is 0 Å². The van der Waals surface area contributed by atoms with Gasteiger partial charge < -0.3 is 15.2 Å². The van der Waals surface area contributed by atoms with Gasteiger partial charge in [0.1, 0.15) is 0 Å². The zero-order chi connectivity index (χ0) is 31.5. The number of ether oxygens (including phenoxy) is 2. The average Bonchev–Trinajstić information content (AvgIpc) is 3.06. The zero-order valence-corrected chi connectivity index (χ0v) is 27.3. The molecular weight excluding hydrogens is 620 g/mol. The van der Waals surface area contributed by atoms with E-state index in [4.69, 9.17) is 15.2 Å². The van der Waals surface area contributed by atoms with Crippen molar-refractivity contribution in [3.63, 3.8) is 0 Å². The summed E-state index contributed by atoms with van der Waals surface area (Å²) in [5.41, 5.74) is 10.3. The Morgan fingerprint density at radius 2 is 1.57 bits per heavy atom. The van der Waals surface area contributed by atoms with Crippen LogP contribution in [0.5, 0.6) is 0 Å². The summed E-state index contributed by atoms with van der Waals surface area (Å²) < 4.78 is 11.7. The highest BCUT2D eigenvalue weighted by Gasteiger charge is 2.22. The summed E-state index contributed by atoms with van der Waals surface area (Å²) in [4.78, 5) is 40.8. The molecule has 8 heteroatoms. The zero-order valence-electron chi connectivity index (χ0n) is 25.7. The third kappa shape index (κ3) is 9.02. The van der Waals surface area contributed by atoms with Gasteiger partial charge in [-0.3, -0.25) is 14.5 Å². The van der Waals surface area contributed by atoms with Crippen molar-refractivity contribution >= 4 is 39.3 Å². The van der Waals surface area contributed by atoms with Crippen LogP contribution < -0.4 is 5.73 Å². The second-order valence-corrected chi connectivity index (χ2v) is 12.3. The van der Waals surface area contributed by atoms with E-state index in [9.17, 15) is 14.4 Å². The Labute approximate surface area is 269 Å². The minimum absolute atomic E-state index is 0.0903. The third-order valence-corrected chi connectivity index (χ3v) is 9.03. The van der Waals surface area contributed by atoms with E-state index in [0.29, 0.717) is 52.3 Å². The Hall–Kier alpha value is -3.49. The van der Waals surface area contributed by atoms with Crippen LogP contribution in [0.15, 0.2) is 71.2 Å². The summed E-state index contributed by atoms with van der Waals surface area (Å²) >= 11 is 3.52. The van der Waals surface area contributed by atoms with Crippen LogP contribution in [0, 0.1) is 0 Å². The van der Waals surface area contributed by atoms with Crippen molar-refractivity contribution in [2.75, 3.05) is 25.5 Å². The minimum atomic E-state index is -0.517. The Kier molecular flexibility index (Phi) is 12.6. The Bertz CT molecular complexity index is 1420. The maximum atomic E-state index is 12.9. The van der Waals surface area contributed by atoms with Crippen molar-refractivity contribution in [1.29, 1.82) is 0 Å². The van der Waals surface area contributed by atoms with E-state index >= 15 is 0 Å². The summed E-state index contributed by atoms with van der Waals surface area (Å²) in [5.74, 6) is -1.37. The number of esters is 2. The summed E-state index contributed by atoms with van der Waals surface area (Å²) in [6.45, 7) is 6.00. The number of nitrogens with two attached hydrogens (primary N) is 1. The Balaban J connectivity index is 1.22. The summed E-state index contributed by atoms with van der Waals surface area (Å²) in [7, 11) is 0. The van der Waals surface area contributed by atoms with Gasteiger partial charge in [-0.15, -0.1) is 0 Å². The fourth-order valence-corrected chi connectivity index (χ4v) is 6.18. The van der Waals surface area contributed by atoms with Gasteiger partial charge in [0.05, 0.1) is 30.4 Å². The van der Waals surface area contributed by atoms with Crippen molar-refractivity contribution in [3.05, 3.63) is 99.0 Å². The van der Waals surface area contributed by atoms with E-state index in [0.717, 1.165) is 17.7 Å². The molecule has 44 heavy (non-hydrogen) atoms. The molecular formula is C36H43BrN2O5. The molecule has 2 N–H and O–H groups in total. The van der Waals surface area contributed by atoms with Crippen molar-refractivity contribution in [2.24, 2.45) is 0 Å². The van der Waals surface area contributed by atoms with E-state index < -0.39 is 11.9 Å². The molecule has 3 aromatic rings. The van der Waals surface area contributed by atoms with Gasteiger partial charge in [-0.05, 0) is 84.4 Å². The molecule has 0 aromatic heterocycles. The molecule has 0 spiro atoms. The van der Waals surface area contributed by atoms with Crippen LogP contribution in [-0.4, -0.2) is 48.4 Å². The largest absolute Gasteiger partial charge is 0.465 e. The van der Waals surface area contributed by atoms with Crippen LogP contribution in [0.4, 0.5) is 5.69 Å². The molecule has 1 saturated carbocycles. The number of hydrogen-bond donors (Lipinski definition) is 1. The van der Waals surface area contributed by atoms with Gasteiger partial charge >= 0.3 is 11.9 Å². The van der Waals surface area contributed by atoms with Crippen LogP contribution in [0.25, 0.3) is 0 Å². The number of nitrogens with zero attached hydrogens (tertiary/aromatic N) is 1. The predicted molar refractivity (Wildman–Crippen MR) is 177 cm³/mol. The van der Waals surface area contributed by atoms with E-state index in [-0.39, 0.29) is 25.0 Å².